The number of nitrogens with zero attached hydrogens (tertiary/aromatic N) is 2. The fraction of sp³-hybridized carbons (Fsp3) is 0.615. The highest BCUT2D eigenvalue weighted by molar-refractivity contribution is 5.55. The molecule has 0 spiro atoms. The van der Waals surface area contributed by atoms with Crippen molar-refractivity contribution < 1.29 is 4.74 Å². The van der Waals surface area contributed by atoms with Crippen LogP contribution in [0.15, 0.2) is 18.5 Å². The molecule has 1 heterocycles. The summed E-state index contributed by atoms with van der Waals surface area (Å²) in [6.45, 7) is 8.69. The van der Waals surface area contributed by atoms with Gasteiger partial charge in [0.15, 0.2) is 0 Å². The smallest absolute Gasteiger partial charge is 0.0644 e. The van der Waals surface area contributed by atoms with Gasteiger partial charge in [0.2, 0.25) is 0 Å². The summed E-state index contributed by atoms with van der Waals surface area (Å²) in [6.07, 6.45) is 4.00. The Balaban J connectivity index is 2.50. The SMILES string of the molecule is CCNc1cncc(N(C)CCOC(C)C)c1. The van der Waals surface area contributed by atoms with Crippen LogP contribution in [-0.4, -0.2) is 37.8 Å². The molecule has 96 valence electrons. The number of nitrogens with one attached hydrogen (secondary N) is 1. The molecule has 0 amide bonds. The lowest BCUT2D eigenvalue weighted by Crippen LogP contribution is -2.24. The van der Waals surface area contributed by atoms with Crippen molar-refractivity contribution in [2.45, 2.75) is 26.9 Å². The zero-order valence-corrected chi connectivity index (χ0v) is 11.2. The van der Waals surface area contributed by atoms with Gasteiger partial charge in [-0.15, -0.1) is 0 Å². The molecule has 0 saturated heterocycles. The van der Waals surface area contributed by atoms with Crippen LogP contribution in [0, 0.1) is 0 Å². The van der Waals surface area contributed by atoms with Crippen LogP contribution in [0.5, 0.6) is 0 Å². The third-order valence-corrected chi connectivity index (χ3v) is 2.42. The van der Waals surface area contributed by atoms with Crippen molar-refractivity contribution >= 4 is 11.4 Å². The summed E-state index contributed by atoms with van der Waals surface area (Å²) in [5.74, 6) is 0. The Bertz CT molecular complexity index is 328. The Labute approximate surface area is 104 Å². The topological polar surface area (TPSA) is 37.4 Å². The van der Waals surface area contributed by atoms with Crippen LogP contribution in [0.3, 0.4) is 0 Å². The third kappa shape index (κ3) is 5.04. The van der Waals surface area contributed by atoms with Crippen LogP contribution >= 0.6 is 0 Å². The average Bonchev–Trinajstić information content (AvgIpc) is 2.29. The van der Waals surface area contributed by atoms with E-state index in [1.165, 1.54) is 0 Å². The highest BCUT2D eigenvalue weighted by atomic mass is 16.5. The zero-order chi connectivity index (χ0) is 12.7. The summed E-state index contributed by atoms with van der Waals surface area (Å²) in [5.41, 5.74) is 2.16. The molecule has 1 aromatic heterocycles. The molecule has 0 aliphatic carbocycles. The molecule has 4 nitrogen and oxygen atoms in total. The van der Waals surface area contributed by atoms with E-state index in [2.05, 4.69) is 35.2 Å². The molecule has 0 aromatic carbocycles. The molecular weight excluding hydrogens is 214 g/mol. The maximum atomic E-state index is 5.53. The fourth-order valence-electron chi connectivity index (χ4n) is 1.49. The van der Waals surface area contributed by atoms with Gasteiger partial charge in [0.1, 0.15) is 0 Å². The summed E-state index contributed by atoms with van der Waals surface area (Å²) < 4.78 is 5.53. The lowest BCUT2D eigenvalue weighted by molar-refractivity contribution is 0.0846. The summed E-state index contributed by atoms with van der Waals surface area (Å²) >= 11 is 0. The molecule has 1 N–H and O–H groups in total. The standard InChI is InChI=1S/C13H23N3O/c1-5-15-12-8-13(10-14-9-12)16(4)6-7-17-11(2)3/h8-11,15H,5-7H2,1-4H3. The van der Waals surface area contributed by atoms with Gasteiger partial charge in [-0.25, -0.2) is 0 Å². The van der Waals surface area contributed by atoms with E-state index in [0.29, 0.717) is 0 Å². The number of likely N-dealkylation sites (N-methyl/N-ethyl adjacent to an activating group) is 1. The Morgan fingerprint density at radius 1 is 1.41 bits per heavy atom. The lowest BCUT2D eigenvalue weighted by atomic mass is 10.3. The van der Waals surface area contributed by atoms with Crippen molar-refractivity contribution in [1.82, 2.24) is 4.98 Å². The van der Waals surface area contributed by atoms with E-state index >= 15 is 0 Å². The van der Waals surface area contributed by atoms with Gasteiger partial charge in [0.25, 0.3) is 0 Å². The fourth-order valence-corrected chi connectivity index (χ4v) is 1.49. The minimum absolute atomic E-state index is 0.287. The van der Waals surface area contributed by atoms with Gasteiger partial charge in [-0.1, -0.05) is 0 Å². The first kappa shape index (κ1) is 13.8. The Hall–Kier alpha value is -1.29. The summed E-state index contributed by atoms with van der Waals surface area (Å²) in [5, 5.41) is 3.26. The van der Waals surface area contributed by atoms with E-state index in [9.17, 15) is 0 Å². The van der Waals surface area contributed by atoms with Gasteiger partial charge in [0.05, 0.1) is 36.5 Å². The van der Waals surface area contributed by atoms with Gasteiger partial charge < -0.3 is 15.0 Å². The number of hydrogen-bond acceptors (Lipinski definition) is 4. The van der Waals surface area contributed by atoms with E-state index in [0.717, 1.165) is 31.1 Å². The second kappa shape index (κ2) is 7.12. The molecule has 0 saturated carbocycles. The molecule has 0 atom stereocenters. The first-order valence-electron chi connectivity index (χ1n) is 6.15. The molecule has 0 aliphatic rings. The van der Waals surface area contributed by atoms with Crippen molar-refractivity contribution in [1.29, 1.82) is 0 Å². The second-order valence-electron chi connectivity index (χ2n) is 4.30. The summed E-state index contributed by atoms with van der Waals surface area (Å²) in [7, 11) is 2.05. The molecule has 17 heavy (non-hydrogen) atoms. The number of pyridine rings is 1. The number of rotatable bonds is 7. The monoisotopic (exact) mass is 237 g/mol. The van der Waals surface area contributed by atoms with Gasteiger partial charge >= 0.3 is 0 Å². The van der Waals surface area contributed by atoms with Gasteiger partial charge in [0, 0.05) is 20.1 Å². The average molecular weight is 237 g/mol. The van der Waals surface area contributed by atoms with E-state index < -0.39 is 0 Å². The van der Waals surface area contributed by atoms with Crippen LogP contribution in [0.1, 0.15) is 20.8 Å². The number of anilines is 2. The molecule has 0 unspecified atom stereocenters. The normalized spacial score (nSPS) is 10.6. The highest BCUT2D eigenvalue weighted by Crippen LogP contribution is 2.16. The van der Waals surface area contributed by atoms with Crippen molar-refractivity contribution in [3.8, 4) is 0 Å². The molecule has 4 heteroatoms. The molecular formula is C13H23N3O. The molecule has 1 rings (SSSR count). The van der Waals surface area contributed by atoms with Crippen molar-refractivity contribution in [3.05, 3.63) is 18.5 Å². The largest absolute Gasteiger partial charge is 0.384 e. The third-order valence-electron chi connectivity index (χ3n) is 2.42. The maximum Gasteiger partial charge on any atom is 0.0644 e. The Morgan fingerprint density at radius 3 is 2.82 bits per heavy atom. The van der Waals surface area contributed by atoms with E-state index in [-0.39, 0.29) is 6.10 Å². The van der Waals surface area contributed by atoms with Crippen molar-refractivity contribution in [2.75, 3.05) is 37.0 Å². The molecule has 0 radical (unpaired) electrons. The van der Waals surface area contributed by atoms with Crippen molar-refractivity contribution in [2.24, 2.45) is 0 Å². The van der Waals surface area contributed by atoms with E-state index in [1.807, 2.05) is 26.2 Å². The summed E-state index contributed by atoms with van der Waals surface area (Å²) in [4.78, 5) is 6.37. The van der Waals surface area contributed by atoms with Crippen LogP contribution in [0.25, 0.3) is 0 Å². The minimum Gasteiger partial charge on any atom is -0.384 e. The quantitative estimate of drug-likeness (QED) is 0.790. The lowest BCUT2D eigenvalue weighted by Gasteiger charge is -2.20. The van der Waals surface area contributed by atoms with Crippen LogP contribution < -0.4 is 10.2 Å². The molecule has 1 aromatic rings. The van der Waals surface area contributed by atoms with Crippen LogP contribution in [0.2, 0.25) is 0 Å². The predicted octanol–water partition coefficient (Wildman–Crippen LogP) is 2.37. The predicted molar refractivity (Wildman–Crippen MR) is 72.8 cm³/mol. The summed E-state index contributed by atoms with van der Waals surface area (Å²) in [6, 6.07) is 2.10. The van der Waals surface area contributed by atoms with Crippen LogP contribution in [-0.2, 0) is 4.74 Å². The van der Waals surface area contributed by atoms with Gasteiger partial charge in [-0.3, -0.25) is 4.98 Å². The number of ether oxygens (including phenoxy) is 1. The van der Waals surface area contributed by atoms with Gasteiger partial charge in [-0.05, 0) is 26.8 Å². The zero-order valence-electron chi connectivity index (χ0n) is 11.2. The number of hydrogen-bond donors (Lipinski definition) is 1. The highest BCUT2D eigenvalue weighted by Gasteiger charge is 2.03. The van der Waals surface area contributed by atoms with Crippen LogP contribution in [0.4, 0.5) is 11.4 Å². The Kier molecular flexibility index (Phi) is 5.77. The second-order valence-corrected chi connectivity index (χ2v) is 4.30. The van der Waals surface area contributed by atoms with E-state index in [1.54, 1.807) is 0 Å². The van der Waals surface area contributed by atoms with Gasteiger partial charge in [-0.2, -0.15) is 0 Å². The van der Waals surface area contributed by atoms with Crippen molar-refractivity contribution in [3.63, 3.8) is 0 Å². The Morgan fingerprint density at radius 2 is 2.18 bits per heavy atom. The molecule has 0 bridgehead atoms. The minimum atomic E-state index is 0.287. The molecule has 0 fully saturated rings. The first-order chi connectivity index (χ1) is 8.13. The maximum absolute atomic E-state index is 5.53. The number of aromatic nitrogens is 1. The first-order valence-corrected chi connectivity index (χ1v) is 6.15. The molecule has 0 aliphatic heterocycles. The van der Waals surface area contributed by atoms with E-state index in [4.69, 9.17) is 4.74 Å².